The summed E-state index contributed by atoms with van der Waals surface area (Å²) >= 11 is 11.8. The minimum atomic E-state index is -0.534. The molecule has 5 heteroatoms. The first-order valence-electron chi connectivity index (χ1n) is 3.86. The van der Waals surface area contributed by atoms with Crippen LogP contribution in [0.2, 0.25) is 10.0 Å². The van der Waals surface area contributed by atoms with E-state index in [2.05, 4.69) is 4.98 Å². The van der Waals surface area contributed by atoms with Crippen molar-refractivity contribution >= 4 is 40.0 Å². The van der Waals surface area contributed by atoms with Crippen LogP contribution in [-0.4, -0.2) is 10.9 Å². The molecule has 0 aliphatic heterocycles. The van der Waals surface area contributed by atoms with Crippen molar-refractivity contribution in [2.24, 2.45) is 5.73 Å². The SMILES string of the molecule is NC(=O)c1cc2c(Cl)ccc(Cl)c2[nH]1. The average Bonchev–Trinajstić information content (AvgIpc) is 2.57. The highest BCUT2D eigenvalue weighted by molar-refractivity contribution is 6.40. The number of carbonyl (C=O) groups excluding carboxylic acids is 1. The molecule has 0 bridgehead atoms. The molecule has 3 nitrogen and oxygen atoms in total. The van der Waals surface area contributed by atoms with Crippen LogP contribution in [0.25, 0.3) is 10.9 Å². The number of nitrogens with two attached hydrogens (primary N) is 1. The van der Waals surface area contributed by atoms with Crippen LogP contribution in [0.4, 0.5) is 0 Å². The summed E-state index contributed by atoms with van der Waals surface area (Å²) in [6.45, 7) is 0. The van der Waals surface area contributed by atoms with Crippen molar-refractivity contribution in [2.45, 2.75) is 0 Å². The number of hydrogen-bond acceptors (Lipinski definition) is 1. The molecule has 1 amide bonds. The third kappa shape index (κ3) is 1.35. The van der Waals surface area contributed by atoms with Gasteiger partial charge in [-0.25, -0.2) is 0 Å². The molecule has 0 unspecified atom stereocenters. The summed E-state index contributed by atoms with van der Waals surface area (Å²) in [6.07, 6.45) is 0. The van der Waals surface area contributed by atoms with Gasteiger partial charge in [-0.3, -0.25) is 4.79 Å². The number of H-pyrrole nitrogens is 1. The Kier molecular flexibility index (Phi) is 2.13. The Bertz CT molecular complexity index is 480. The van der Waals surface area contributed by atoms with Crippen LogP contribution in [-0.2, 0) is 0 Å². The van der Waals surface area contributed by atoms with Gasteiger partial charge in [0, 0.05) is 5.39 Å². The Hall–Kier alpha value is -1.19. The van der Waals surface area contributed by atoms with Gasteiger partial charge in [-0.2, -0.15) is 0 Å². The van der Waals surface area contributed by atoms with Crippen molar-refractivity contribution in [3.63, 3.8) is 0 Å². The van der Waals surface area contributed by atoms with E-state index in [9.17, 15) is 4.79 Å². The topological polar surface area (TPSA) is 58.9 Å². The zero-order valence-corrected chi connectivity index (χ0v) is 8.49. The normalized spacial score (nSPS) is 10.7. The van der Waals surface area contributed by atoms with Crippen LogP contribution in [0, 0.1) is 0 Å². The number of aromatic nitrogens is 1. The largest absolute Gasteiger partial charge is 0.364 e. The van der Waals surface area contributed by atoms with Gasteiger partial charge in [0.1, 0.15) is 5.69 Å². The molecule has 0 aliphatic carbocycles. The molecule has 0 saturated carbocycles. The summed E-state index contributed by atoms with van der Waals surface area (Å²) in [7, 11) is 0. The summed E-state index contributed by atoms with van der Waals surface area (Å²) in [4.78, 5) is 13.7. The van der Waals surface area contributed by atoms with E-state index in [1.54, 1.807) is 18.2 Å². The Morgan fingerprint density at radius 2 is 1.93 bits per heavy atom. The molecule has 2 rings (SSSR count). The molecule has 0 aliphatic rings. The molecule has 3 N–H and O–H groups in total. The number of aromatic amines is 1. The molecule has 0 radical (unpaired) electrons. The summed E-state index contributed by atoms with van der Waals surface area (Å²) < 4.78 is 0. The molecule has 2 aromatic rings. The van der Waals surface area contributed by atoms with E-state index in [1.165, 1.54) is 0 Å². The highest BCUT2D eigenvalue weighted by atomic mass is 35.5. The van der Waals surface area contributed by atoms with E-state index in [4.69, 9.17) is 28.9 Å². The first-order chi connectivity index (χ1) is 6.59. The van der Waals surface area contributed by atoms with Gasteiger partial charge in [-0.1, -0.05) is 23.2 Å². The second kappa shape index (κ2) is 3.19. The van der Waals surface area contributed by atoms with E-state index >= 15 is 0 Å². The lowest BCUT2D eigenvalue weighted by Gasteiger charge is -1.94. The maximum absolute atomic E-state index is 10.9. The van der Waals surface area contributed by atoms with Crippen molar-refractivity contribution in [2.75, 3.05) is 0 Å². The summed E-state index contributed by atoms with van der Waals surface area (Å²) in [6, 6.07) is 4.92. The molecule has 1 aromatic carbocycles. The number of hydrogen-bond donors (Lipinski definition) is 2. The molecule has 0 spiro atoms. The van der Waals surface area contributed by atoms with Gasteiger partial charge in [0.15, 0.2) is 0 Å². The number of halogens is 2. The first kappa shape index (κ1) is 9.37. The highest BCUT2D eigenvalue weighted by Gasteiger charge is 2.10. The number of primary amides is 1. The predicted molar refractivity (Wildman–Crippen MR) is 56.8 cm³/mol. The number of benzene rings is 1. The fraction of sp³-hybridized carbons (Fsp3) is 0. The van der Waals surface area contributed by atoms with Gasteiger partial charge in [0.2, 0.25) is 0 Å². The summed E-state index contributed by atoms with van der Waals surface area (Å²) in [5.41, 5.74) is 6.05. The Morgan fingerprint density at radius 3 is 2.50 bits per heavy atom. The fourth-order valence-electron chi connectivity index (χ4n) is 1.28. The molecule has 0 saturated heterocycles. The zero-order chi connectivity index (χ0) is 10.3. The van der Waals surface area contributed by atoms with E-state index < -0.39 is 5.91 Å². The molecule has 0 fully saturated rings. The number of carbonyl (C=O) groups is 1. The van der Waals surface area contributed by atoms with Crippen molar-refractivity contribution < 1.29 is 4.79 Å². The lowest BCUT2D eigenvalue weighted by molar-refractivity contribution is 0.0996. The van der Waals surface area contributed by atoms with Crippen LogP contribution in [0.15, 0.2) is 18.2 Å². The van der Waals surface area contributed by atoms with Crippen molar-refractivity contribution in [3.8, 4) is 0 Å². The van der Waals surface area contributed by atoms with Crippen LogP contribution >= 0.6 is 23.2 Å². The monoisotopic (exact) mass is 228 g/mol. The Balaban J connectivity index is 2.82. The highest BCUT2D eigenvalue weighted by Crippen LogP contribution is 2.29. The number of nitrogens with one attached hydrogen (secondary N) is 1. The smallest absolute Gasteiger partial charge is 0.265 e. The molecule has 0 atom stereocenters. The van der Waals surface area contributed by atoms with Crippen LogP contribution < -0.4 is 5.73 Å². The fourth-order valence-corrected chi connectivity index (χ4v) is 1.71. The van der Waals surface area contributed by atoms with Crippen LogP contribution in [0.1, 0.15) is 10.5 Å². The number of fused-ring (bicyclic) bond motifs is 1. The number of rotatable bonds is 1. The molecule has 1 heterocycles. The van der Waals surface area contributed by atoms with Gasteiger partial charge in [-0.15, -0.1) is 0 Å². The van der Waals surface area contributed by atoms with Crippen molar-refractivity contribution in [3.05, 3.63) is 33.9 Å². The second-order valence-electron chi connectivity index (χ2n) is 2.87. The van der Waals surface area contributed by atoms with E-state index in [0.29, 0.717) is 26.6 Å². The molecular weight excluding hydrogens is 223 g/mol. The van der Waals surface area contributed by atoms with Gasteiger partial charge in [0.25, 0.3) is 5.91 Å². The minimum absolute atomic E-state index is 0.301. The Labute approximate surface area is 89.8 Å². The average molecular weight is 229 g/mol. The molecule has 1 aromatic heterocycles. The maximum Gasteiger partial charge on any atom is 0.265 e. The van der Waals surface area contributed by atoms with Gasteiger partial charge < -0.3 is 10.7 Å². The van der Waals surface area contributed by atoms with Gasteiger partial charge >= 0.3 is 0 Å². The summed E-state index contributed by atoms with van der Waals surface area (Å²) in [5.74, 6) is -0.534. The quantitative estimate of drug-likeness (QED) is 0.775. The zero-order valence-electron chi connectivity index (χ0n) is 6.97. The third-order valence-corrected chi connectivity index (χ3v) is 2.60. The van der Waals surface area contributed by atoms with Crippen LogP contribution in [0.5, 0.6) is 0 Å². The van der Waals surface area contributed by atoms with E-state index in [1.807, 2.05) is 0 Å². The summed E-state index contributed by atoms with van der Waals surface area (Å²) in [5, 5.41) is 1.75. The Morgan fingerprint density at radius 1 is 1.29 bits per heavy atom. The van der Waals surface area contributed by atoms with Crippen molar-refractivity contribution in [1.82, 2.24) is 4.98 Å². The van der Waals surface area contributed by atoms with Gasteiger partial charge in [-0.05, 0) is 18.2 Å². The lowest BCUT2D eigenvalue weighted by Crippen LogP contribution is -2.10. The second-order valence-corrected chi connectivity index (χ2v) is 3.68. The lowest BCUT2D eigenvalue weighted by atomic mass is 10.2. The van der Waals surface area contributed by atoms with Crippen molar-refractivity contribution in [1.29, 1.82) is 0 Å². The van der Waals surface area contributed by atoms with Crippen LogP contribution in [0.3, 0.4) is 0 Å². The maximum atomic E-state index is 10.9. The van der Waals surface area contributed by atoms with E-state index in [-0.39, 0.29) is 0 Å². The molecular formula is C9H6Cl2N2O. The van der Waals surface area contributed by atoms with E-state index in [0.717, 1.165) is 0 Å². The third-order valence-electron chi connectivity index (χ3n) is 1.96. The minimum Gasteiger partial charge on any atom is -0.364 e. The van der Waals surface area contributed by atoms with Gasteiger partial charge in [0.05, 0.1) is 15.6 Å². The molecule has 72 valence electrons. The standard InChI is InChI=1S/C9H6Cl2N2O/c10-5-1-2-6(11)8-4(5)3-7(13-8)9(12)14/h1-3,13H,(H2,12,14). The number of amides is 1. The molecule has 14 heavy (non-hydrogen) atoms. The predicted octanol–water partition coefficient (Wildman–Crippen LogP) is 2.57. The first-order valence-corrected chi connectivity index (χ1v) is 4.61.